The molecule has 4 rings (SSSR count). The number of carboxylic acids is 1. The lowest BCUT2D eigenvalue weighted by Crippen LogP contribution is -1.99. The molecule has 4 aromatic rings. The number of furan rings is 2. The van der Waals surface area contributed by atoms with Crippen molar-refractivity contribution in [3.63, 3.8) is 0 Å². The maximum absolute atomic E-state index is 11.7. The summed E-state index contributed by atoms with van der Waals surface area (Å²) in [5.74, 6) is 0.524. The van der Waals surface area contributed by atoms with Crippen LogP contribution in [0.4, 0.5) is 0 Å². The zero-order valence-corrected chi connectivity index (χ0v) is 17.6. The summed E-state index contributed by atoms with van der Waals surface area (Å²) in [6, 6.07) is 12.2. The monoisotopic (exact) mass is 420 g/mol. The summed E-state index contributed by atoms with van der Waals surface area (Å²) in [5, 5.41) is 10.9. The van der Waals surface area contributed by atoms with Crippen LogP contribution in [0.2, 0.25) is 0 Å². The number of methoxy groups -OCH3 is 1. The Labute approximate surface area is 179 Å². The lowest BCUT2D eigenvalue weighted by molar-refractivity contribution is 0.0600. The van der Waals surface area contributed by atoms with Gasteiger partial charge in [-0.1, -0.05) is 6.42 Å². The molecule has 160 valence electrons. The van der Waals surface area contributed by atoms with E-state index in [1.54, 1.807) is 36.4 Å². The zero-order valence-electron chi connectivity index (χ0n) is 17.6. The highest BCUT2D eigenvalue weighted by Crippen LogP contribution is 2.28. The van der Waals surface area contributed by atoms with Crippen LogP contribution in [0.5, 0.6) is 0 Å². The molecule has 2 aromatic carbocycles. The standard InChI is InChI=1S/C25H24O6/c1-15-20-14-16(24(26)27)8-11-23(20)31-21(15)7-5-3-4-6-19-13-18-12-17(25(28)29-2)9-10-22(18)30-19/h8-14H,3-7H2,1-2H3,(H,26,27). The van der Waals surface area contributed by atoms with Gasteiger partial charge in [0, 0.05) is 23.6 Å². The largest absolute Gasteiger partial charge is 0.478 e. The summed E-state index contributed by atoms with van der Waals surface area (Å²) < 4.78 is 16.6. The molecule has 2 aromatic heterocycles. The van der Waals surface area contributed by atoms with Gasteiger partial charge in [-0.2, -0.15) is 0 Å². The highest BCUT2D eigenvalue weighted by Gasteiger charge is 2.13. The molecule has 0 atom stereocenters. The molecule has 1 N–H and O–H groups in total. The van der Waals surface area contributed by atoms with Crippen molar-refractivity contribution in [3.05, 3.63) is 70.7 Å². The number of rotatable bonds is 8. The Balaban J connectivity index is 1.32. The van der Waals surface area contributed by atoms with Gasteiger partial charge >= 0.3 is 11.9 Å². The quantitative estimate of drug-likeness (QED) is 0.281. The number of hydrogen-bond acceptors (Lipinski definition) is 5. The van der Waals surface area contributed by atoms with Crippen molar-refractivity contribution >= 4 is 33.9 Å². The number of benzene rings is 2. The number of esters is 1. The average Bonchev–Trinajstić information content (AvgIpc) is 3.32. The van der Waals surface area contributed by atoms with E-state index in [1.807, 2.05) is 13.0 Å². The second kappa shape index (κ2) is 8.68. The van der Waals surface area contributed by atoms with E-state index in [1.165, 1.54) is 7.11 Å². The van der Waals surface area contributed by atoms with Gasteiger partial charge in [0.25, 0.3) is 0 Å². The van der Waals surface area contributed by atoms with Crippen LogP contribution >= 0.6 is 0 Å². The Bertz CT molecular complexity index is 1260. The van der Waals surface area contributed by atoms with Crippen molar-refractivity contribution < 1.29 is 28.3 Å². The first-order chi connectivity index (χ1) is 15.0. The van der Waals surface area contributed by atoms with Gasteiger partial charge in [0.05, 0.1) is 18.2 Å². The van der Waals surface area contributed by atoms with Gasteiger partial charge in [0.1, 0.15) is 22.7 Å². The van der Waals surface area contributed by atoms with E-state index in [-0.39, 0.29) is 11.5 Å². The lowest BCUT2D eigenvalue weighted by Gasteiger charge is -2.00. The molecule has 0 spiro atoms. The molecule has 0 bridgehead atoms. The molecule has 0 amide bonds. The maximum atomic E-state index is 11.7. The lowest BCUT2D eigenvalue weighted by atomic mass is 10.1. The number of aryl methyl sites for hydroxylation is 3. The molecule has 0 saturated carbocycles. The number of carbonyl (C=O) groups is 2. The van der Waals surface area contributed by atoms with Gasteiger partial charge in [0.2, 0.25) is 0 Å². The first-order valence-electron chi connectivity index (χ1n) is 10.3. The second-order valence-corrected chi connectivity index (χ2v) is 7.68. The van der Waals surface area contributed by atoms with E-state index < -0.39 is 5.97 Å². The molecule has 6 nitrogen and oxygen atoms in total. The zero-order chi connectivity index (χ0) is 22.0. The van der Waals surface area contributed by atoms with E-state index in [2.05, 4.69) is 0 Å². The summed E-state index contributed by atoms with van der Waals surface area (Å²) in [7, 11) is 1.37. The molecule has 0 unspecified atom stereocenters. The SMILES string of the molecule is COC(=O)c1ccc2oc(CCCCCc3oc4ccc(C(=O)O)cc4c3C)cc2c1. The minimum Gasteiger partial charge on any atom is -0.478 e. The normalized spacial score (nSPS) is 11.3. The van der Waals surface area contributed by atoms with Gasteiger partial charge in [-0.15, -0.1) is 0 Å². The minimum absolute atomic E-state index is 0.271. The van der Waals surface area contributed by atoms with Crippen LogP contribution in [0.3, 0.4) is 0 Å². The Hall–Kier alpha value is -3.54. The summed E-state index contributed by atoms with van der Waals surface area (Å²) in [6.45, 7) is 1.98. The number of unbranched alkanes of at least 4 members (excludes halogenated alkanes) is 2. The molecular formula is C25H24O6. The van der Waals surface area contributed by atoms with Crippen molar-refractivity contribution in [1.82, 2.24) is 0 Å². The molecule has 31 heavy (non-hydrogen) atoms. The summed E-state index contributed by atoms with van der Waals surface area (Å²) >= 11 is 0. The van der Waals surface area contributed by atoms with Crippen molar-refractivity contribution in [1.29, 1.82) is 0 Å². The van der Waals surface area contributed by atoms with Gasteiger partial charge in [-0.05, 0) is 67.8 Å². The van der Waals surface area contributed by atoms with E-state index in [9.17, 15) is 14.7 Å². The van der Waals surface area contributed by atoms with Crippen molar-refractivity contribution in [2.75, 3.05) is 7.11 Å². The first kappa shape index (κ1) is 20.7. The fourth-order valence-electron chi connectivity index (χ4n) is 3.87. The number of carbonyl (C=O) groups excluding carboxylic acids is 1. The maximum Gasteiger partial charge on any atom is 0.337 e. The van der Waals surface area contributed by atoms with Crippen LogP contribution in [0.25, 0.3) is 21.9 Å². The van der Waals surface area contributed by atoms with Crippen LogP contribution in [0.1, 0.15) is 57.1 Å². The highest BCUT2D eigenvalue weighted by molar-refractivity contribution is 5.95. The molecule has 0 aliphatic heterocycles. The number of fused-ring (bicyclic) bond motifs is 2. The van der Waals surface area contributed by atoms with E-state index in [4.69, 9.17) is 13.6 Å². The molecule has 6 heteroatoms. The van der Waals surface area contributed by atoms with Gasteiger partial charge in [0.15, 0.2) is 0 Å². The third-order valence-corrected chi connectivity index (χ3v) is 5.60. The molecule has 2 heterocycles. The third kappa shape index (κ3) is 4.33. The van der Waals surface area contributed by atoms with Crippen molar-refractivity contribution in [3.8, 4) is 0 Å². The Kier molecular flexibility index (Phi) is 5.80. The smallest absolute Gasteiger partial charge is 0.337 e. The summed E-state index contributed by atoms with van der Waals surface area (Å²) in [5.41, 5.74) is 3.29. The van der Waals surface area contributed by atoms with Gasteiger partial charge in [-0.3, -0.25) is 0 Å². The van der Waals surface area contributed by atoms with Crippen LogP contribution in [0.15, 0.2) is 51.3 Å². The first-order valence-corrected chi connectivity index (χ1v) is 10.3. The fraction of sp³-hybridized carbons (Fsp3) is 0.280. The van der Waals surface area contributed by atoms with E-state index >= 15 is 0 Å². The second-order valence-electron chi connectivity index (χ2n) is 7.68. The summed E-state index contributed by atoms with van der Waals surface area (Å²) in [4.78, 5) is 22.8. The third-order valence-electron chi connectivity index (χ3n) is 5.60. The minimum atomic E-state index is -0.934. The number of ether oxygens (including phenoxy) is 1. The fourth-order valence-corrected chi connectivity index (χ4v) is 3.87. The average molecular weight is 420 g/mol. The van der Waals surface area contributed by atoms with Crippen LogP contribution in [0, 0.1) is 6.92 Å². The van der Waals surface area contributed by atoms with E-state index in [0.29, 0.717) is 5.56 Å². The molecule has 0 saturated heterocycles. The topological polar surface area (TPSA) is 89.9 Å². The van der Waals surface area contributed by atoms with Gasteiger partial charge < -0.3 is 18.7 Å². The number of aromatic carboxylic acids is 1. The highest BCUT2D eigenvalue weighted by atomic mass is 16.5. The predicted molar refractivity (Wildman–Crippen MR) is 117 cm³/mol. The van der Waals surface area contributed by atoms with Crippen molar-refractivity contribution in [2.24, 2.45) is 0 Å². The molecule has 0 fully saturated rings. The number of hydrogen-bond donors (Lipinski definition) is 1. The molecule has 0 aliphatic carbocycles. The Morgan fingerprint density at radius 3 is 2.42 bits per heavy atom. The van der Waals surface area contributed by atoms with E-state index in [0.717, 1.165) is 71.1 Å². The Morgan fingerprint density at radius 2 is 1.65 bits per heavy atom. The molecular weight excluding hydrogens is 396 g/mol. The number of carboxylic acid groups (broad SMARTS) is 1. The van der Waals surface area contributed by atoms with Crippen LogP contribution in [-0.4, -0.2) is 24.2 Å². The van der Waals surface area contributed by atoms with Crippen LogP contribution < -0.4 is 0 Å². The summed E-state index contributed by atoms with van der Waals surface area (Å²) in [6.07, 6.45) is 4.60. The van der Waals surface area contributed by atoms with Crippen molar-refractivity contribution in [2.45, 2.75) is 39.0 Å². The van der Waals surface area contributed by atoms with Crippen LogP contribution in [-0.2, 0) is 17.6 Å². The Morgan fingerprint density at radius 1 is 0.903 bits per heavy atom. The molecule has 0 aliphatic rings. The predicted octanol–water partition coefficient (Wildman–Crippen LogP) is 5.93. The molecule has 0 radical (unpaired) electrons. The van der Waals surface area contributed by atoms with Gasteiger partial charge in [-0.25, -0.2) is 9.59 Å².